The minimum absolute atomic E-state index is 0.339. The van der Waals surface area contributed by atoms with Gasteiger partial charge in [0.05, 0.1) is 18.2 Å². The van der Waals surface area contributed by atoms with Crippen molar-refractivity contribution < 1.29 is 14.3 Å². The Kier molecular flexibility index (Phi) is 6.43. The maximum absolute atomic E-state index is 12.6. The van der Waals surface area contributed by atoms with Crippen molar-refractivity contribution in [2.24, 2.45) is 0 Å². The highest BCUT2D eigenvalue weighted by molar-refractivity contribution is 7.09. The van der Waals surface area contributed by atoms with Gasteiger partial charge in [0.25, 0.3) is 5.91 Å². The Morgan fingerprint density at radius 1 is 1.31 bits per heavy atom. The Hall–Kier alpha value is -2.59. The van der Waals surface area contributed by atoms with Gasteiger partial charge in [0.15, 0.2) is 6.61 Å². The van der Waals surface area contributed by atoms with Crippen molar-refractivity contribution in [2.75, 3.05) is 13.7 Å². The fraction of sp³-hybridized carbons (Fsp3) is 0.500. The van der Waals surface area contributed by atoms with Crippen LogP contribution in [0.5, 0.6) is 0 Å². The second-order valence-corrected chi connectivity index (χ2v) is 8.72. The Bertz CT molecular complexity index is 918. The number of hydrogen-bond acceptors (Lipinski definition) is 5. The molecule has 2 heterocycles. The zero-order chi connectivity index (χ0) is 21.0. The minimum atomic E-state index is -0.779. The fourth-order valence-corrected chi connectivity index (χ4v) is 4.70. The van der Waals surface area contributed by atoms with Crippen molar-refractivity contribution >= 4 is 23.2 Å². The van der Waals surface area contributed by atoms with Crippen LogP contribution in [0.15, 0.2) is 23.6 Å². The molecule has 1 amide bonds. The summed E-state index contributed by atoms with van der Waals surface area (Å²) in [7, 11) is 1.64. The third kappa shape index (κ3) is 4.38. The van der Waals surface area contributed by atoms with E-state index in [1.165, 1.54) is 9.78 Å². The van der Waals surface area contributed by atoms with E-state index in [2.05, 4.69) is 16.7 Å². The molecule has 3 rings (SSSR count). The Labute approximate surface area is 175 Å². The second kappa shape index (κ2) is 8.83. The van der Waals surface area contributed by atoms with Crippen LogP contribution >= 0.6 is 11.3 Å². The van der Waals surface area contributed by atoms with Gasteiger partial charge < -0.3 is 14.2 Å². The molecule has 0 saturated heterocycles. The van der Waals surface area contributed by atoms with E-state index in [1.54, 1.807) is 24.5 Å². The van der Waals surface area contributed by atoms with Crippen LogP contribution in [0.3, 0.4) is 0 Å². The number of nitriles is 1. The predicted molar refractivity (Wildman–Crippen MR) is 112 cm³/mol. The quantitative estimate of drug-likeness (QED) is 0.670. The fourth-order valence-electron chi connectivity index (χ4n) is 4.01. The molecular formula is C22H27N3O3S. The topological polar surface area (TPSA) is 75.3 Å². The standard InChI is InChI=1S/C22H27N3O3S/c1-16-12-19(17(2)25(16)13-18-8-7-11-29-18)21(27)28-14-20(26)24(3)22(15-23)9-5-4-6-10-22/h7-8,11-12H,4-6,9-10,13-14H2,1-3H3. The lowest BCUT2D eigenvalue weighted by Gasteiger charge is -2.38. The summed E-state index contributed by atoms with van der Waals surface area (Å²) >= 11 is 1.67. The molecule has 0 aliphatic heterocycles. The highest BCUT2D eigenvalue weighted by Crippen LogP contribution is 2.32. The van der Waals surface area contributed by atoms with Crippen molar-refractivity contribution in [3.8, 4) is 6.07 Å². The van der Waals surface area contributed by atoms with E-state index in [0.29, 0.717) is 24.9 Å². The van der Waals surface area contributed by atoms with Gasteiger partial charge in [-0.3, -0.25) is 4.79 Å². The number of likely N-dealkylation sites (N-methyl/N-ethyl adjacent to an activating group) is 1. The van der Waals surface area contributed by atoms with Crippen molar-refractivity contribution in [3.63, 3.8) is 0 Å². The van der Waals surface area contributed by atoms with Crippen LogP contribution in [0.25, 0.3) is 0 Å². The van der Waals surface area contributed by atoms with E-state index >= 15 is 0 Å². The van der Waals surface area contributed by atoms with Crippen LogP contribution in [0.1, 0.15) is 58.7 Å². The van der Waals surface area contributed by atoms with E-state index in [0.717, 1.165) is 30.7 Å². The monoisotopic (exact) mass is 413 g/mol. The van der Waals surface area contributed by atoms with Crippen molar-refractivity contribution in [1.82, 2.24) is 9.47 Å². The molecule has 1 fully saturated rings. The summed E-state index contributed by atoms with van der Waals surface area (Å²) < 4.78 is 7.40. The SMILES string of the molecule is Cc1cc(C(=O)OCC(=O)N(C)C2(C#N)CCCCC2)c(C)n1Cc1cccs1. The van der Waals surface area contributed by atoms with Crippen molar-refractivity contribution in [2.45, 2.75) is 58.0 Å². The molecule has 6 nitrogen and oxygen atoms in total. The smallest absolute Gasteiger partial charge is 0.340 e. The molecule has 0 aromatic carbocycles. The third-order valence-electron chi connectivity index (χ3n) is 5.92. The summed E-state index contributed by atoms with van der Waals surface area (Å²) in [5.74, 6) is -0.846. The van der Waals surface area contributed by atoms with Crippen LogP contribution < -0.4 is 0 Å². The summed E-state index contributed by atoms with van der Waals surface area (Å²) in [5.41, 5.74) is 1.49. The molecule has 2 aromatic heterocycles. The number of carbonyl (C=O) groups is 2. The van der Waals surface area contributed by atoms with E-state index in [4.69, 9.17) is 4.74 Å². The van der Waals surface area contributed by atoms with Crippen LogP contribution in [0.4, 0.5) is 0 Å². The number of hydrogen-bond donors (Lipinski definition) is 0. The number of aryl methyl sites for hydroxylation is 1. The molecule has 0 radical (unpaired) electrons. The minimum Gasteiger partial charge on any atom is -0.452 e. The van der Waals surface area contributed by atoms with Gasteiger partial charge >= 0.3 is 5.97 Å². The zero-order valence-electron chi connectivity index (χ0n) is 17.2. The summed E-state index contributed by atoms with van der Waals surface area (Å²) in [5, 5.41) is 11.7. The van der Waals surface area contributed by atoms with Crippen molar-refractivity contribution in [1.29, 1.82) is 5.26 Å². The summed E-state index contributed by atoms with van der Waals surface area (Å²) in [6.45, 7) is 4.19. The predicted octanol–water partition coefficient (Wildman–Crippen LogP) is 4.06. The molecular weight excluding hydrogens is 386 g/mol. The van der Waals surface area contributed by atoms with Gasteiger partial charge in [-0.15, -0.1) is 11.3 Å². The molecule has 1 aliphatic carbocycles. The maximum atomic E-state index is 12.6. The highest BCUT2D eigenvalue weighted by Gasteiger charge is 2.39. The lowest BCUT2D eigenvalue weighted by molar-refractivity contribution is -0.138. The van der Waals surface area contributed by atoms with Gasteiger partial charge in [0, 0.05) is 23.3 Å². The van der Waals surface area contributed by atoms with E-state index in [-0.39, 0.29) is 12.5 Å². The van der Waals surface area contributed by atoms with Gasteiger partial charge in [-0.2, -0.15) is 5.26 Å². The Morgan fingerprint density at radius 2 is 2.03 bits per heavy atom. The maximum Gasteiger partial charge on any atom is 0.340 e. The summed E-state index contributed by atoms with van der Waals surface area (Å²) in [6.07, 6.45) is 4.29. The number of thiophene rings is 1. The van der Waals surface area contributed by atoms with Gasteiger partial charge in [-0.25, -0.2) is 4.79 Å². The van der Waals surface area contributed by atoms with E-state index in [1.807, 2.05) is 25.3 Å². The molecule has 1 saturated carbocycles. The molecule has 0 bridgehead atoms. The number of amides is 1. The van der Waals surface area contributed by atoms with Crippen LogP contribution in [-0.2, 0) is 16.1 Å². The van der Waals surface area contributed by atoms with Crippen LogP contribution in [0, 0.1) is 25.2 Å². The molecule has 0 N–H and O–H groups in total. The molecule has 0 unspecified atom stereocenters. The number of ether oxygens (including phenoxy) is 1. The normalized spacial score (nSPS) is 15.5. The first-order valence-electron chi connectivity index (χ1n) is 9.92. The molecule has 0 atom stereocenters. The highest BCUT2D eigenvalue weighted by atomic mass is 32.1. The number of rotatable bonds is 6. The molecule has 154 valence electrons. The van der Waals surface area contributed by atoms with E-state index in [9.17, 15) is 14.9 Å². The summed E-state index contributed by atoms with van der Waals surface area (Å²) in [6, 6.07) is 8.19. The third-order valence-corrected chi connectivity index (χ3v) is 6.78. The first kappa shape index (κ1) is 21.1. The van der Waals surface area contributed by atoms with Gasteiger partial charge in [-0.05, 0) is 44.2 Å². The van der Waals surface area contributed by atoms with Crippen molar-refractivity contribution in [3.05, 3.63) is 45.4 Å². The average Bonchev–Trinajstić information content (AvgIpc) is 3.35. The lowest BCUT2D eigenvalue weighted by Crippen LogP contribution is -2.51. The molecule has 2 aromatic rings. The second-order valence-electron chi connectivity index (χ2n) is 7.68. The van der Waals surface area contributed by atoms with Crippen LogP contribution in [0.2, 0.25) is 0 Å². The molecule has 29 heavy (non-hydrogen) atoms. The summed E-state index contributed by atoms with van der Waals surface area (Å²) in [4.78, 5) is 27.9. The first-order chi connectivity index (χ1) is 13.9. The average molecular weight is 414 g/mol. The molecule has 0 spiro atoms. The van der Waals surface area contributed by atoms with Gasteiger partial charge in [0.1, 0.15) is 5.54 Å². The zero-order valence-corrected chi connectivity index (χ0v) is 18.1. The number of nitrogens with zero attached hydrogens (tertiary/aromatic N) is 3. The molecule has 7 heteroatoms. The number of carbonyl (C=O) groups excluding carboxylic acids is 2. The van der Waals surface area contributed by atoms with E-state index < -0.39 is 11.5 Å². The largest absolute Gasteiger partial charge is 0.452 e. The van der Waals surface area contributed by atoms with Crippen LogP contribution in [-0.4, -0.2) is 40.5 Å². The van der Waals surface area contributed by atoms with Gasteiger partial charge in [-0.1, -0.05) is 25.3 Å². The lowest BCUT2D eigenvalue weighted by atomic mass is 9.81. The Balaban J connectivity index is 1.65. The number of aromatic nitrogens is 1. The molecule has 1 aliphatic rings. The Morgan fingerprint density at radius 3 is 2.66 bits per heavy atom. The number of esters is 1. The first-order valence-corrected chi connectivity index (χ1v) is 10.8. The van der Waals surface area contributed by atoms with Gasteiger partial charge in [0.2, 0.25) is 0 Å².